The lowest BCUT2D eigenvalue weighted by molar-refractivity contribution is -0.126. The predicted molar refractivity (Wildman–Crippen MR) is 78.7 cm³/mol. The molecule has 0 saturated heterocycles. The fourth-order valence-corrected chi connectivity index (χ4v) is 3.61. The average Bonchev–Trinajstić information content (AvgIpc) is 2.43. The Bertz CT molecular complexity index is 286. The summed E-state index contributed by atoms with van der Waals surface area (Å²) >= 11 is 0. The molecule has 3 atom stereocenters. The molecule has 3 unspecified atom stereocenters. The Kier molecular flexibility index (Phi) is 5.68. The van der Waals surface area contributed by atoms with Crippen molar-refractivity contribution in [2.45, 2.75) is 70.8 Å². The molecule has 2 rings (SSSR count). The Morgan fingerprint density at radius 3 is 2.58 bits per heavy atom. The van der Waals surface area contributed by atoms with Gasteiger partial charge in [-0.25, -0.2) is 0 Å². The highest BCUT2D eigenvalue weighted by Gasteiger charge is 2.29. The second-order valence-electron chi connectivity index (χ2n) is 6.73. The maximum Gasteiger partial charge on any atom is 0.223 e. The minimum Gasteiger partial charge on any atom is -0.356 e. The Balaban J connectivity index is 1.63. The van der Waals surface area contributed by atoms with E-state index in [0.29, 0.717) is 5.92 Å². The van der Waals surface area contributed by atoms with Gasteiger partial charge in [0.15, 0.2) is 0 Å². The number of nitrogens with two attached hydrogens (primary N) is 1. The maximum atomic E-state index is 12.1. The average molecular weight is 266 g/mol. The minimum atomic E-state index is 0.164. The molecule has 19 heavy (non-hydrogen) atoms. The van der Waals surface area contributed by atoms with Crippen LogP contribution in [-0.4, -0.2) is 18.5 Å². The summed E-state index contributed by atoms with van der Waals surface area (Å²) in [5, 5.41) is 3.14. The molecule has 0 aromatic carbocycles. The van der Waals surface area contributed by atoms with Gasteiger partial charge in [0.25, 0.3) is 0 Å². The van der Waals surface area contributed by atoms with Crippen molar-refractivity contribution >= 4 is 5.91 Å². The molecule has 2 fully saturated rings. The van der Waals surface area contributed by atoms with E-state index >= 15 is 0 Å². The molecule has 3 nitrogen and oxygen atoms in total. The molecular formula is C16H30N2O. The van der Waals surface area contributed by atoms with Gasteiger partial charge < -0.3 is 11.1 Å². The van der Waals surface area contributed by atoms with Crippen LogP contribution in [0, 0.1) is 17.8 Å². The lowest BCUT2D eigenvalue weighted by atomic mass is 9.79. The minimum absolute atomic E-state index is 0.164. The van der Waals surface area contributed by atoms with Gasteiger partial charge in [0.1, 0.15) is 0 Å². The number of carbonyl (C=O) groups is 1. The Hall–Kier alpha value is -0.570. The first-order valence-corrected chi connectivity index (χ1v) is 8.20. The summed E-state index contributed by atoms with van der Waals surface area (Å²) in [6, 6.07) is 0.211. The van der Waals surface area contributed by atoms with Crippen molar-refractivity contribution in [1.82, 2.24) is 5.32 Å². The van der Waals surface area contributed by atoms with E-state index in [0.717, 1.165) is 31.7 Å². The molecule has 0 heterocycles. The van der Waals surface area contributed by atoms with Gasteiger partial charge in [-0.1, -0.05) is 39.0 Å². The first-order chi connectivity index (χ1) is 9.16. The first-order valence-electron chi connectivity index (χ1n) is 8.20. The van der Waals surface area contributed by atoms with Crippen LogP contribution < -0.4 is 11.1 Å². The van der Waals surface area contributed by atoms with Crippen LogP contribution in [0.25, 0.3) is 0 Å². The fraction of sp³-hybridized carbons (Fsp3) is 0.938. The van der Waals surface area contributed by atoms with Crippen LogP contribution in [0.5, 0.6) is 0 Å². The van der Waals surface area contributed by atoms with Gasteiger partial charge in [-0.2, -0.15) is 0 Å². The molecule has 0 aromatic rings. The third kappa shape index (κ3) is 4.48. The van der Waals surface area contributed by atoms with E-state index in [-0.39, 0.29) is 17.9 Å². The summed E-state index contributed by atoms with van der Waals surface area (Å²) in [5.41, 5.74) is 6.07. The van der Waals surface area contributed by atoms with Crippen LogP contribution in [0.3, 0.4) is 0 Å². The molecule has 110 valence electrons. The number of rotatable bonds is 4. The van der Waals surface area contributed by atoms with E-state index in [2.05, 4.69) is 12.2 Å². The number of carbonyl (C=O) groups excluding carboxylic acids is 1. The zero-order valence-electron chi connectivity index (χ0n) is 12.4. The second-order valence-corrected chi connectivity index (χ2v) is 6.73. The number of amides is 1. The van der Waals surface area contributed by atoms with Crippen LogP contribution in [0.15, 0.2) is 0 Å². The van der Waals surface area contributed by atoms with E-state index in [1.54, 1.807) is 0 Å². The van der Waals surface area contributed by atoms with Crippen LogP contribution in [0.2, 0.25) is 0 Å². The summed E-state index contributed by atoms with van der Waals surface area (Å²) < 4.78 is 0. The van der Waals surface area contributed by atoms with Crippen molar-refractivity contribution in [1.29, 1.82) is 0 Å². The van der Waals surface area contributed by atoms with Crippen LogP contribution >= 0.6 is 0 Å². The van der Waals surface area contributed by atoms with Crippen LogP contribution in [0.4, 0.5) is 0 Å². The summed E-state index contributed by atoms with van der Waals surface area (Å²) in [7, 11) is 0. The van der Waals surface area contributed by atoms with Crippen molar-refractivity contribution < 1.29 is 4.79 Å². The van der Waals surface area contributed by atoms with Crippen LogP contribution in [-0.2, 0) is 4.79 Å². The molecule has 1 amide bonds. The van der Waals surface area contributed by atoms with Gasteiger partial charge in [-0.05, 0) is 37.5 Å². The Labute approximate surface area is 117 Å². The molecule has 0 aliphatic heterocycles. The summed E-state index contributed by atoms with van der Waals surface area (Å²) in [5.74, 6) is 1.84. The number of hydrogen-bond donors (Lipinski definition) is 2. The van der Waals surface area contributed by atoms with E-state index in [9.17, 15) is 4.79 Å². The van der Waals surface area contributed by atoms with Crippen molar-refractivity contribution in [3.05, 3.63) is 0 Å². The van der Waals surface area contributed by atoms with E-state index in [1.807, 2.05) is 0 Å². The van der Waals surface area contributed by atoms with Gasteiger partial charge >= 0.3 is 0 Å². The van der Waals surface area contributed by atoms with Gasteiger partial charge in [0, 0.05) is 18.5 Å². The van der Waals surface area contributed by atoms with Crippen LogP contribution in [0.1, 0.15) is 64.7 Å². The zero-order chi connectivity index (χ0) is 13.7. The van der Waals surface area contributed by atoms with Crippen molar-refractivity contribution in [3.63, 3.8) is 0 Å². The predicted octanol–water partition coefficient (Wildman–Crippen LogP) is 2.84. The van der Waals surface area contributed by atoms with Gasteiger partial charge in [-0.15, -0.1) is 0 Å². The smallest absolute Gasteiger partial charge is 0.223 e. The highest BCUT2D eigenvalue weighted by Crippen LogP contribution is 2.28. The monoisotopic (exact) mass is 266 g/mol. The number of hydrogen-bond acceptors (Lipinski definition) is 2. The maximum absolute atomic E-state index is 12.1. The normalized spacial score (nSPS) is 33.1. The second kappa shape index (κ2) is 7.28. The highest BCUT2D eigenvalue weighted by molar-refractivity contribution is 5.78. The van der Waals surface area contributed by atoms with Crippen molar-refractivity contribution in [2.24, 2.45) is 23.5 Å². The van der Waals surface area contributed by atoms with Gasteiger partial charge in [0.2, 0.25) is 5.91 Å². The lowest BCUT2D eigenvalue weighted by Gasteiger charge is -2.31. The molecule has 2 aliphatic rings. The van der Waals surface area contributed by atoms with Crippen molar-refractivity contribution in [2.75, 3.05) is 6.54 Å². The summed E-state index contributed by atoms with van der Waals surface area (Å²) in [6.45, 7) is 3.06. The van der Waals surface area contributed by atoms with E-state index < -0.39 is 0 Å². The van der Waals surface area contributed by atoms with Gasteiger partial charge in [-0.3, -0.25) is 4.79 Å². The quantitative estimate of drug-likeness (QED) is 0.822. The topological polar surface area (TPSA) is 55.1 Å². The van der Waals surface area contributed by atoms with E-state index in [4.69, 9.17) is 5.73 Å². The molecule has 3 N–H and O–H groups in total. The fourth-order valence-electron chi connectivity index (χ4n) is 3.61. The molecule has 3 heteroatoms. The lowest BCUT2D eigenvalue weighted by Crippen LogP contribution is -2.41. The van der Waals surface area contributed by atoms with Gasteiger partial charge in [0.05, 0.1) is 0 Å². The third-order valence-corrected chi connectivity index (χ3v) is 5.21. The van der Waals surface area contributed by atoms with Crippen molar-refractivity contribution in [3.8, 4) is 0 Å². The highest BCUT2D eigenvalue weighted by atomic mass is 16.1. The largest absolute Gasteiger partial charge is 0.356 e. The summed E-state index contributed by atoms with van der Waals surface area (Å²) in [4.78, 5) is 12.1. The Morgan fingerprint density at radius 1 is 1.16 bits per heavy atom. The third-order valence-electron chi connectivity index (χ3n) is 5.21. The zero-order valence-corrected chi connectivity index (χ0v) is 12.4. The molecule has 2 saturated carbocycles. The molecule has 0 spiro atoms. The molecule has 2 aliphatic carbocycles. The van der Waals surface area contributed by atoms with E-state index in [1.165, 1.54) is 38.5 Å². The summed E-state index contributed by atoms with van der Waals surface area (Å²) in [6.07, 6.45) is 11.1. The molecular weight excluding hydrogens is 236 g/mol. The Morgan fingerprint density at radius 2 is 1.89 bits per heavy atom. The SMILES string of the molecule is CC1CCC(C(=O)NCCC2CCCCC2)CC1N. The first kappa shape index (κ1) is 14.8. The standard InChI is InChI=1S/C16H30N2O/c1-12-7-8-14(11-15(12)17)16(19)18-10-9-13-5-3-2-4-6-13/h12-15H,2-11,17H2,1H3,(H,18,19). The molecule has 0 bridgehead atoms. The molecule has 0 aromatic heterocycles. The number of nitrogens with one attached hydrogen (secondary N) is 1. The molecule has 0 radical (unpaired) electrons.